The molecule has 2 aromatic carbocycles. The number of carbonyl (C=O) groups excluding carboxylic acids is 2. The standard InChI is InChI=1S/C21H17Cl3N4O2/c22-14-7-6-13(10-15(14)23)26-21(30)27-8-9-28-16(11-27)17(20(25)29)18(24)19(28)12-4-2-1-3-5-12/h1-7,10H,8-9,11H2,(H2,25,29)(H,26,30). The van der Waals surface area contributed by atoms with Gasteiger partial charge in [0.1, 0.15) is 0 Å². The van der Waals surface area contributed by atoms with Crippen molar-refractivity contribution in [2.45, 2.75) is 13.1 Å². The number of aromatic nitrogens is 1. The molecule has 0 atom stereocenters. The molecule has 154 valence electrons. The van der Waals surface area contributed by atoms with Crippen molar-refractivity contribution in [1.29, 1.82) is 0 Å². The fraction of sp³-hybridized carbons (Fsp3) is 0.143. The van der Waals surface area contributed by atoms with Crippen molar-refractivity contribution in [3.8, 4) is 11.3 Å². The first-order valence-corrected chi connectivity index (χ1v) is 10.3. The number of nitrogens with zero attached hydrogens (tertiary/aromatic N) is 2. The van der Waals surface area contributed by atoms with Crippen LogP contribution >= 0.6 is 34.8 Å². The Hall–Kier alpha value is -2.67. The van der Waals surface area contributed by atoms with Crippen molar-refractivity contribution in [2.24, 2.45) is 5.73 Å². The van der Waals surface area contributed by atoms with Gasteiger partial charge in [-0.15, -0.1) is 0 Å². The molecule has 30 heavy (non-hydrogen) atoms. The van der Waals surface area contributed by atoms with Crippen LogP contribution in [0, 0.1) is 0 Å². The molecular formula is C21H17Cl3N4O2. The lowest BCUT2D eigenvalue weighted by molar-refractivity contribution is 0.0997. The Labute approximate surface area is 188 Å². The third-order valence-electron chi connectivity index (χ3n) is 5.00. The summed E-state index contributed by atoms with van der Waals surface area (Å²) >= 11 is 18.5. The maximum absolute atomic E-state index is 12.8. The van der Waals surface area contributed by atoms with Crippen LogP contribution in [0.1, 0.15) is 16.1 Å². The first-order chi connectivity index (χ1) is 14.4. The molecule has 1 aliphatic rings. The highest BCUT2D eigenvalue weighted by Crippen LogP contribution is 2.38. The van der Waals surface area contributed by atoms with Gasteiger partial charge in [0, 0.05) is 18.8 Å². The van der Waals surface area contributed by atoms with Crippen LogP contribution in [0.4, 0.5) is 10.5 Å². The lowest BCUT2D eigenvalue weighted by atomic mass is 10.1. The van der Waals surface area contributed by atoms with E-state index in [2.05, 4.69) is 5.32 Å². The number of nitrogens with one attached hydrogen (secondary N) is 1. The summed E-state index contributed by atoms with van der Waals surface area (Å²) in [7, 11) is 0. The van der Waals surface area contributed by atoms with E-state index < -0.39 is 5.91 Å². The minimum Gasteiger partial charge on any atom is -0.365 e. The molecule has 3 aromatic rings. The van der Waals surface area contributed by atoms with Crippen LogP contribution in [0.25, 0.3) is 11.3 Å². The van der Waals surface area contributed by atoms with Gasteiger partial charge < -0.3 is 20.5 Å². The van der Waals surface area contributed by atoms with E-state index in [1.165, 1.54) is 0 Å². The molecule has 4 rings (SSSR count). The highest BCUT2D eigenvalue weighted by Gasteiger charge is 2.31. The predicted octanol–water partition coefficient (Wildman–Crippen LogP) is 5.26. The number of hydrogen-bond acceptors (Lipinski definition) is 2. The summed E-state index contributed by atoms with van der Waals surface area (Å²) in [6.45, 7) is 1.10. The summed E-state index contributed by atoms with van der Waals surface area (Å²) < 4.78 is 1.96. The molecule has 0 unspecified atom stereocenters. The van der Waals surface area contributed by atoms with Gasteiger partial charge in [0.05, 0.1) is 38.6 Å². The zero-order chi connectivity index (χ0) is 21.4. The van der Waals surface area contributed by atoms with Crippen molar-refractivity contribution in [2.75, 3.05) is 11.9 Å². The first-order valence-electron chi connectivity index (χ1n) is 9.14. The van der Waals surface area contributed by atoms with Crippen molar-refractivity contribution >= 4 is 52.4 Å². The van der Waals surface area contributed by atoms with E-state index in [4.69, 9.17) is 40.5 Å². The normalized spacial score (nSPS) is 13.1. The molecule has 9 heteroatoms. The smallest absolute Gasteiger partial charge is 0.322 e. The molecule has 1 aromatic heterocycles. The maximum Gasteiger partial charge on any atom is 0.322 e. The quantitative estimate of drug-likeness (QED) is 0.555. The molecule has 0 spiro atoms. The van der Waals surface area contributed by atoms with Crippen molar-refractivity contribution in [1.82, 2.24) is 9.47 Å². The highest BCUT2D eigenvalue weighted by atomic mass is 35.5. The predicted molar refractivity (Wildman–Crippen MR) is 119 cm³/mol. The van der Waals surface area contributed by atoms with Crippen LogP contribution in [0.2, 0.25) is 15.1 Å². The van der Waals surface area contributed by atoms with Crippen LogP contribution in [0.5, 0.6) is 0 Å². The van der Waals surface area contributed by atoms with Gasteiger partial charge in [0.25, 0.3) is 5.91 Å². The number of amides is 3. The Morgan fingerprint density at radius 2 is 1.70 bits per heavy atom. The van der Waals surface area contributed by atoms with Gasteiger partial charge in [-0.1, -0.05) is 65.1 Å². The minimum absolute atomic E-state index is 0.192. The largest absolute Gasteiger partial charge is 0.365 e. The Morgan fingerprint density at radius 1 is 0.967 bits per heavy atom. The number of rotatable bonds is 3. The van der Waals surface area contributed by atoms with Gasteiger partial charge in [-0.2, -0.15) is 0 Å². The first kappa shape index (κ1) is 20.6. The summed E-state index contributed by atoms with van der Waals surface area (Å²) in [5.74, 6) is -0.627. The Bertz CT molecular complexity index is 1140. The third-order valence-corrected chi connectivity index (χ3v) is 6.10. The van der Waals surface area contributed by atoms with Crippen molar-refractivity contribution in [3.63, 3.8) is 0 Å². The van der Waals surface area contributed by atoms with Gasteiger partial charge in [-0.3, -0.25) is 4.79 Å². The minimum atomic E-state index is -0.627. The molecule has 0 bridgehead atoms. The number of urea groups is 1. The molecular weight excluding hydrogens is 447 g/mol. The van der Waals surface area contributed by atoms with Crippen LogP contribution in [0.3, 0.4) is 0 Å². The monoisotopic (exact) mass is 462 g/mol. The summed E-state index contributed by atoms with van der Waals surface area (Å²) in [6, 6.07) is 14.1. The highest BCUT2D eigenvalue weighted by molar-refractivity contribution is 6.42. The van der Waals surface area contributed by atoms with Gasteiger partial charge in [0.15, 0.2) is 0 Å². The van der Waals surface area contributed by atoms with E-state index in [9.17, 15) is 9.59 Å². The van der Waals surface area contributed by atoms with Crippen molar-refractivity contribution < 1.29 is 9.59 Å². The Morgan fingerprint density at radius 3 is 2.37 bits per heavy atom. The van der Waals surface area contributed by atoms with E-state index in [0.29, 0.717) is 39.5 Å². The fourth-order valence-electron chi connectivity index (χ4n) is 3.60. The van der Waals surface area contributed by atoms with E-state index in [0.717, 1.165) is 11.3 Å². The fourth-order valence-corrected chi connectivity index (χ4v) is 4.32. The lowest BCUT2D eigenvalue weighted by Crippen LogP contribution is -2.41. The SMILES string of the molecule is NC(=O)c1c(Cl)c(-c2ccccc2)n2c1CN(C(=O)Nc1ccc(Cl)c(Cl)c1)CC2. The number of fused-ring (bicyclic) bond motifs is 1. The molecule has 3 N–H and O–H groups in total. The number of benzene rings is 2. The molecule has 0 fully saturated rings. The Balaban J connectivity index is 1.65. The van der Waals surface area contributed by atoms with Gasteiger partial charge in [-0.05, 0) is 23.8 Å². The summed E-state index contributed by atoms with van der Waals surface area (Å²) in [5.41, 5.74) is 8.60. The molecule has 0 aliphatic carbocycles. The molecule has 0 saturated carbocycles. The maximum atomic E-state index is 12.8. The van der Waals surface area contributed by atoms with Crippen LogP contribution in [-0.4, -0.2) is 28.0 Å². The molecule has 6 nitrogen and oxygen atoms in total. The average molecular weight is 464 g/mol. The molecule has 0 radical (unpaired) electrons. The topological polar surface area (TPSA) is 80.4 Å². The second-order valence-electron chi connectivity index (χ2n) is 6.85. The number of carbonyl (C=O) groups is 2. The van der Waals surface area contributed by atoms with E-state index in [-0.39, 0.29) is 18.1 Å². The van der Waals surface area contributed by atoms with Gasteiger partial charge in [-0.25, -0.2) is 4.79 Å². The molecule has 3 amide bonds. The molecule has 2 heterocycles. The van der Waals surface area contributed by atoms with Crippen LogP contribution < -0.4 is 11.1 Å². The van der Waals surface area contributed by atoms with E-state index >= 15 is 0 Å². The second-order valence-corrected chi connectivity index (χ2v) is 8.04. The number of hydrogen-bond donors (Lipinski definition) is 2. The lowest BCUT2D eigenvalue weighted by Gasteiger charge is -2.30. The average Bonchev–Trinajstić information content (AvgIpc) is 3.02. The van der Waals surface area contributed by atoms with Gasteiger partial charge in [0.2, 0.25) is 0 Å². The van der Waals surface area contributed by atoms with Crippen LogP contribution in [0.15, 0.2) is 48.5 Å². The third kappa shape index (κ3) is 3.74. The van der Waals surface area contributed by atoms with E-state index in [1.807, 2.05) is 34.9 Å². The van der Waals surface area contributed by atoms with Crippen molar-refractivity contribution in [3.05, 3.63) is 74.9 Å². The number of primary amides is 1. The zero-order valence-corrected chi connectivity index (χ0v) is 17.9. The van der Waals surface area contributed by atoms with E-state index in [1.54, 1.807) is 23.1 Å². The van der Waals surface area contributed by atoms with Gasteiger partial charge >= 0.3 is 6.03 Å². The van der Waals surface area contributed by atoms with Crippen LogP contribution in [-0.2, 0) is 13.1 Å². The zero-order valence-electron chi connectivity index (χ0n) is 15.7. The number of nitrogens with two attached hydrogens (primary N) is 1. The number of halogens is 3. The molecule has 1 aliphatic heterocycles. The Kier molecular flexibility index (Phi) is 5.64. The summed E-state index contributed by atoms with van der Waals surface area (Å²) in [4.78, 5) is 26.5. The summed E-state index contributed by atoms with van der Waals surface area (Å²) in [6.07, 6.45) is 0. The summed E-state index contributed by atoms with van der Waals surface area (Å²) in [5, 5.41) is 3.85. The number of anilines is 1. The molecule has 0 saturated heterocycles. The second kappa shape index (κ2) is 8.22.